The fourth-order valence-corrected chi connectivity index (χ4v) is 3.00. The molecule has 4 heteroatoms. The average Bonchev–Trinajstić information content (AvgIpc) is 2.50. The van der Waals surface area contributed by atoms with Crippen LogP contribution in [0.25, 0.3) is 0 Å². The summed E-state index contributed by atoms with van der Waals surface area (Å²) in [6.45, 7) is 5.06. The Kier molecular flexibility index (Phi) is 7.06. The van der Waals surface area contributed by atoms with Gasteiger partial charge in [0.1, 0.15) is 5.75 Å². The molecule has 0 radical (unpaired) electrons. The van der Waals surface area contributed by atoms with Crippen LogP contribution in [0.15, 0.2) is 24.3 Å². The highest BCUT2D eigenvalue weighted by Gasteiger charge is 2.25. The van der Waals surface area contributed by atoms with Crippen molar-refractivity contribution in [2.24, 2.45) is 5.41 Å². The molecule has 1 rings (SSSR count). The highest BCUT2D eigenvalue weighted by atomic mass is 79.9. The molecular weight excluding hydrogens is 318 g/mol. The summed E-state index contributed by atoms with van der Waals surface area (Å²) in [6.07, 6.45) is 2.52. The lowest BCUT2D eigenvalue weighted by atomic mass is 9.84. The standard InChI is InChI=1S/C16H24BrNO2/c1-4-16(5-2,11-17)12-18-15(19)10-13-6-8-14(20-3)9-7-13/h6-9H,4-5,10-12H2,1-3H3,(H,18,19). The number of methoxy groups -OCH3 is 1. The Bertz CT molecular complexity index is 405. The van der Waals surface area contributed by atoms with Gasteiger partial charge in [0, 0.05) is 11.9 Å². The normalized spacial score (nSPS) is 11.2. The molecule has 1 aromatic rings. The van der Waals surface area contributed by atoms with Crippen molar-refractivity contribution in [3.8, 4) is 5.75 Å². The van der Waals surface area contributed by atoms with E-state index in [1.54, 1.807) is 7.11 Å². The van der Waals surface area contributed by atoms with Gasteiger partial charge in [-0.05, 0) is 36.0 Å². The molecule has 0 fully saturated rings. The number of carbonyl (C=O) groups excluding carboxylic acids is 1. The van der Waals surface area contributed by atoms with E-state index in [1.165, 1.54) is 0 Å². The Balaban J connectivity index is 2.50. The third kappa shape index (κ3) is 4.82. The van der Waals surface area contributed by atoms with Crippen LogP contribution in [-0.4, -0.2) is 24.9 Å². The van der Waals surface area contributed by atoms with Crippen LogP contribution in [0.5, 0.6) is 5.75 Å². The van der Waals surface area contributed by atoms with E-state index < -0.39 is 0 Å². The molecule has 0 aliphatic rings. The number of rotatable bonds is 8. The third-order valence-electron chi connectivity index (χ3n) is 3.97. The smallest absolute Gasteiger partial charge is 0.224 e. The van der Waals surface area contributed by atoms with E-state index >= 15 is 0 Å². The Morgan fingerprint density at radius 1 is 1.25 bits per heavy atom. The molecule has 0 saturated carbocycles. The van der Waals surface area contributed by atoms with Crippen molar-refractivity contribution in [2.75, 3.05) is 19.0 Å². The van der Waals surface area contributed by atoms with Gasteiger partial charge in [-0.25, -0.2) is 0 Å². The Hall–Kier alpha value is -1.03. The maximum atomic E-state index is 12.0. The molecule has 0 atom stereocenters. The number of carbonyl (C=O) groups is 1. The van der Waals surface area contributed by atoms with Crippen LogP contribution in [0.3, 0.4) is 0 Å². The zero-order valence-electron chi connectivity index (χ0n) is 12.5. The number of hydrogen-bond donors (Lipinski definition) is 1. The predicted molar refractivity (Wildman–Crippen MR) is 86.5 cm³/mol. The fraction of sp³-hybridized carbons (Fsp3) is 0.562. The monoisotopic (exact) mass is 341 g/mol. The van der Waals surface area contributed by atoms with E-state index in [9.17, 15) is 4.79 Å². The van der Waals surface area contributed by atoms with E-state index in [0.29, 0.717) is 6.42 Å². The van der Waals surface area contributed by atoms with Crippen molar-refractivity contribution in [3.63, 3.8) is 0 Å². The highest BCUT2D eigenvalue weighted by Crippen LogP contribution is 2.27. The zero-order chi connectivity index (χ0) is 15.0. The molecule has 20 heavy (non-hydrogen) atoms. The minimum Gasteiger partial charge on any atom is -0.497 e. The summed E-state index contributed by atoms with van der Waals surface area (Å²) in [5, 5.41) is 3.97. The molecule has 112 valence electrons. The SMILES string of the molecule is CCC(CC)(CBr)CNC(=O)Cc1ccc(OC)cc1. The first-order chi connectivity index (χ1) is 9.59. The van der Waals surface area contributed by atoms with Crippen molar-refractivity contribution in [3.05, 3.63) is 29.8 Å². The number of benzene rings is 1. The third-order valence-corrected chi connectivity index (χ3v) is 5.16. The molecular formula is C16H24BrNO2. The molecule has 0 saturated heterocycles. The van der Waals surface area contributed by atoms with Gasteiger partial charge in [0.2, 0.25) is 5.91 Å². The van der Waals surface area contributed by atoms with E-state index in [2.05, 4.69) is 35.1 Å². The van der Waals surface area contributed by atoms with Gasteiger partial charge in [-0.1, -0.05) is 41.9 Å². The average molecular weight is 342 g/mol. The van der Waals surface area contributed by atoms with Crippen molar-refractivity contribution in [1.29, 1.82) is 0 Å². The van der Waals surface area contributed by atoms with Crippen molar-refractivity contribution in [1.82, 2.24) is 5.32 Å². The first-order valence-corrected chi connectivity index (χ1v) is 8.17. The van der Waals surface area contributed by atoms with Crippen molar-refractivity contribution >= 4 is 21.8 Å². The van der Waals surface area contributed by atoms with E-state index in [-0.39, 0.29) is 11.3 Å². The molecule has 0 aromatic heterocycles. The lowest BCUT2D eigenvalue weighted by Gasteiger charge is -2.29. The minimum atomic E-state index is 0.0717. The molecule has 0 bridgehead atoms. The largest absolute Gasteiger partial charge is 0.497 e. The molecule has 0 aliphatic carbocycles. The topological polar surface area (TPSA) is 38.3 Å². The highest BCUT2D eigenvalue weighted by molar-refractivity contribution is 9.09. The van der Waals surface area contributed by atoms with Gasteiger partial charge in [0.15, 0.2) is 0 Å². The van der Waals surface area contributed by atoms with Crippen LogP contribution in [-0.2, 0) is 11.2 Å². The van der Waals surface area contributed by atoms with Gasteiger partial charge in [0.25, 0.3) is 0 Å². The molecule has 1 aromatic carbocycles. The van der Waals surface area contributed by atoms with Crippen LogP contribution in [0.1, 0.15) is 32.3 Å². The second-order valence-corrected chi connectivity index (χ2v) is 5.70. The lowest BCUT2D eigenvalue weighted by Crippen LogP contribution is -2.38. The maximum Gasteiger partial charge on any atom is 0.224 e. The molecule has 0 heterocycles. The maximum absolute atomic E-state index is 12.0. The van der Waals surface area contributed by atoms with Crippen molar-refractivity contribution < 1.29 is 9.53 Å². The molecule has 0 unspecified atom stereocenters. The first kappa shape index (κ1) is 17.0. The summed E-state index contributed by atoms with van der Waals surface area (Å²) in [5.41, 5.74) is 1.16. The zero-order valence-corrected chi connectivity index (χ0v) is 14.1. The Morgan fingerprint density at radius 2 is 1.85 bits per heavy atom. The second kappa shape index (κ2) is 8.30. The molecule has 1 amide bonds. The van der Waals surface area contributed by atoms with E-state index in [4.69, 9.17) is 4.74 Å². The van der Waals surface area contributed by atoms with Crippen molar-refractivity contribution in [2.45, 2.75) is 33.1 Å². The van der Waals surface area contributed by atoms with Gasteiger partial charge in [-0.15, -0.1) is 0 Å². The molecule has 1 N–H and O–H groups in total. The summed E-state index contributed by atoms with van der Waals surface area (Å²) < 4.78 is 5.10. The number of amides is 1. The van der Waals surface area contributed by atoms with Crippen LogP contribution in [0.4, 0.5) is 0 Å². The number of hydrogen-bond acceptors (Lipinski definition) is 2. The summed E-state index contributed by atoms with van der Waals surface area (Å²) in [6, 6.07) is 7.61. The lowest BCUT2D eigenvalue weighted by molar-refractivity contribution is -0.120. The molecule has 0 spiro atoms. The first-order valence-electron chi connectivity index (χ1n) is 7.04. The number of alkyl halides is 1. The fourth-order valence-electron chi connectivity index (χ4n) is 2.01. The van der Waals surface area contributed by atoms with Gasteiger partial charge < -0.3 is 10.1 Å². The quantitative estimate of drug-likeness (QED) is 0.734. The number of halogens is 1. The summed E-state index contributed by atoms with van der Waals surface area (Å²) in [5.74, 6) is 0.881. The van der Waals surface area contributed by atoms with Gasteiger partial charge in [0.05, 0.1) is 13.5 Å². The van der Waals surface area contributed by atoms with Gasteiger partial charge >= 0.3 is 0 Å². The van der Waals surface area contributed by atoms with Crippen LogP contribution < -0.4 is 10.1 Å². The van der Waals surface area contributed by atoms with E-state index in [1.807, 2.05) is 24.3 Å². The summed E-state index contributed by atoms with van der Waals surface area (Å²) in [7, 11) is 1.64. The van der Waals surface area contributed by atoms with Crippen LogP contribution in [0, 0.1) is 5.41 Å². The van der Waals surface area contributed by atoms with Crippen LogP contribution >= 0.6 is 15.9 Å². The minimum absolute atomic E-state index is 0.0717. The Morgan fingerprint density at radius 3 is 2.30 bits per heavy atom. The van der Waals surface area contributed by atoms with Crippen LogP contribution in [0.2, 0.25) is 0 Å². The van der Waals surface area contributed by atoms with Gasteiger partial charge in [-0.2, -0.15) is 0 Å². The summed E-state index contributed by atoms with van der Waals surface area (Å²) in [4.78, 5) is 12.0. The number of ether oxygens (including phenoxy) is 1. The Labute approximate surface area is 130 Å². The predicted octanol–water partition coefficient (Wildman–Crippen LogP) is 3.56. The second-order valence-electron chi connectivity index (χ2n) is 5.14. The summed E-state index contributed by atoms with van der Waals surface area (Å²) >= 11 is 3.56. The number of nitrogens with one attached hydrogen (secondary N) is 1. The van der Waals surface area contributed by atoms with E-state index in [0.717, 1.165) is 36.0 Å². The van der Waals surface area contributed by atoms with Gasteiger partial charge in [-0.3, -0.25) is 4.79 Å². The molecule has 0 aliphatic heterocycles. The molecule has 3 nitrogen and oxygen atoms in total.